The van der Waals surface area contributed by atoms with E-state index in [1.807, 2.05) is 6.33 Å². The lowest BCUT2D eigenvalue weighted by atomic mass is 9.75. The van der Waals surface area contributed by atoms with Gasteiger partial charge in [0.1, 0.15) is 0 Å². The Morgan fingerprint density at radius 3 is 2.81 bits per heavy atom. The summed E-state index contributed by atoms with van der Waals surface area (Å²) in [4.78, 5) is 13.3. The zero-order chi connectivity index (χ0) is 18.0. The SMILES string of the molecule is Cc1[nH]cnc1CN1C[C@H](c2ccc3c(c2)OCO3)[C@H]2[C@@H]1C1CCN2CC1. The van der Waals surface area contributed by atoms with Crippen LogP contribution in [0.1, 0.15) is 35.7 Å². The Balaban J connectivity index is 1.36. The minimum absolute atomic E-state index is 0.342. The molecule has 1 N–H and O–H groups in total. The summed E-state index contributed by atoms with van der Waals surface area (Å²) in [7, 11) is 0. The number of aromatic amines is 1. The van der Waals surface area contributed by atoms with E-state index in [2.05, 4.69) is 44.9 Å². The number of ether oxygens (including phenoxy) is 2. The highest BCUT2D eigenvalue weighted by Gasteiger charge is 2.53. The standard InChI is InChI=1S/C21H26N4O2/c1-13-17(23-11-22-13)10-25-9-16(15-2-3-18-19(8-15)27-12-26-18)21-20(25)14-4-6-24(21)7-5-14/h2-3,8,11,14,16,20-21H,4-7,9-10,12H2,1H3,(H,22,23)/t16-,20+,21+/m1/s1. The fourth-order valence-corrected chi connectivity index (χ4v) is 5.90. The largest absolute Gasteiger partial charge is 0.454 e. The van der Waals surface area contributed by atoms with Crippen molar-refractivity contribution in [2.45, 2.75) is 44.3 Å². The molecule has 0 saturated carbocycles. The first-order valence-electron chi connectivity index (χ1n) is 10.1. The first-order valence-corrected chi connectivity index (χ1v) is 10.1. The number of benzene rings is 1. The number of aromatic nitrogens is 2. The number of aryl methyl sites for hydroxylation is 1. The Bertz CT molecular complexity index is 858. The van der Waals surface area contributed by atoms with Crippen molar-refractivity contribution in [3.63, 3.8) is 0 Å². The maximum atomic E-state index is 5.66. The molecule has 4 fully saturated rings. The predicted molar refractivity (Wildman–Crippen MR) is 101 cm³/mol. The molecular formula is C21H26N4O2. The third-order valence-corrected chi connectivity index (χ3v) is 7.21. The van der Waals surface area contributed by atoms with E-state index < -0.39 is 0 Å². The molecule has 0 amide bonds. The van der Waals surface area contributed by atoms with Gasteiger partial charge in [-0.3, -0.25) is 9.80 Å². The molecule has 6 heterocycles. The average molecular weight is 366 g/mol. The summed E-state index contributed by atoms with van der Waals surface area (Å²) in [5.74, 6) is 3.12. The molecule has 4 saturated heterocycles. The van der Waals surface area contributed by atoms with Gasteiger partial charge in [0.2, 0.25) is 6.79 Å². The van der Waals surface area contributed by atoms with Crippen LogP contribution in [0.4, 0.5) is 0 Å². The normalized spacial score (nSPS) is 34.2. The Morgan fingerprint density at radius 1 is 1.15 bits per heavy atom. The monoisotopic (exact) mass is 366 g/mol. The van der Waals surface area contributed by atoms with Gasteiger partial charge in [0.15, 0.2) is 11.5 Å². The third kappa shape index (κ3) is 2.43. The maximum Gasteiger partial charge on any atom is 0.231 e. The summed E-state index contributed by atoms with van der Waals surface area (Å²) < 4.78 is 11.2. The third-order valence-electron chi connectivity index (χ3n) is 7.21. The molecule has 5 aliphatic rings. The van der Waals surface area contributed by atoms with Crippen molar-refractivity contribution >= 4 is 0 Å². The number of hydrogen-bond donors (Lipinski definition) is 1. The molecule has 3 atom stereocenters. The van der Waals surface area contributed by atoms with Crippen molar-refractivity contribution in [2.75, 3.05) is 26.4 Å². The van der Waals surface area contributed by atoms with E-state index in [9.17, 15) is 0 Å². The highest BCUT2D eigenvalue weighted by Crippen LogP contribution is 2.48. The molecular weight excluding hydrogens is 340 g/mol. The van der Waals surface area contributed by atoms with Crippen LogP contribution in [0.25, 0.3) is 0 Å². The van der Waals surface area contributed by atoms with Crippen LogP contribution in [-0.4, -0.2) is 58.3 Å². The molecule has 1 aromatic carbocycles. The van der Waals surface area contributed by atoms with Crippen LogP contribution in [0.5, 0.6) is 11.5 Å². The van der Waals surface area contributed by atoms with E-state index in [1.165, 1.54) is 42.9 Å². The van der Waals surface area contributed by atoms with Gasteiger partial charge in [-0.2, -0.15) is 0 Å². The molecule has 1 aromatic heterocycles. The Hall–Kier alpha value is -2.05. The number of imidazole rings is 1. The number of nitrogens with one attached hydrogen (secondary N) is 1. The summed E-state index contributed by atoms with van der Waals surface area (Å²) in [5, 5.41) is 0. The number of rotatable bonds is 3. The number of nitrogens with zero attached hydrogens (tertiary/aromatic N) is 3. The van der Waals surface area contributed by atoms with Crippen molar-refractivity contribution in [3.05, 3.63) is 41.5 Å². The molecule has 2 bridgehead atoms. The number of fused-ring (bicyclic) bond motifs is 3. The fourth-order valence-electron chi connectivity index (χ4n) is 5.90. The lowest BCUT2D eigenvalue weighted by molar-refractivity contribution is -0.00900. The maximum absolute atomic E-state index is 5.66. The molecule has 27 heavy (non-hydrogen) atoms. The van der Waals surface area contributed by atoms with Gasteiger partial charge < -0.3 is 14.5 Å². The van der Waals surface area contributed by atoms with E-state index in [0.29, 0.717) is 24.8 Å². The van der Waals surface area contributed by atoms with Gasteiger partial charge in [-0.25, -0.2) is 4.98 Å². The van der Waals surface area contributed by atoms with Crippen molar-refractivity contribution in [2.24, 2.45) is 5.92 Å². The van der Waals surface area contributed by atoms with E-state index in [0.717, 1.165) is 30.5 Å². The first-order chi connectivity index (χ1) is 13.3. The molecule has 0 spiro atoms. The lowest BCUT2D eigenvalue weighted by Gasteiger charge is -2.51. The quantitative estimate of drug-likeness (QED) is 0.905. The van der Waals surface area contributed by atoms with Crippen molar-refractivity contribution < 1.29 is 9.47 Å². The lowest BCUT2D eigenvalue weighted by Crippen LogP contribution is -2.60. The Morgan fingerprint density at radius 2 is 2.00 bits per heavy atom. The smallest absolute Gasteiger partial charge is 0.231 e. The Labute approximate surface area is 159 Å². The van der Waals surface area contributed by atoms with Gasteiger partial charge in [-0.05, 0) is 56.5 Å². The zero-order valence-corrected chi connectivity index (χ0v) is 15.7. The molecule has 6 nitrogen and oxygen atoms in total. The fraction of sp³-hybridized carbons (Fsp3) is 0.571. The van der Waals surface area contributed by atoms with Gasteiger partial charge in [-0.1, -0.05) is 6.07 Å². The second-order valence-corrected chi connectivity index (χ2v) is 8.48. The summed E-state index contributed by atoms with van der Waals surface area (Å²) >= 11 is 0. The highest BCUT2D eigenvalue weighted by molar-refractivity contribution is 5.46. The molecule has 7 rings (SSSR count). The number of hydrogen-bond acceptors (Lipinski definition) is 5. The molecule has 0 unspecified atom stereocenters. The molecule has 2 aromatic rings. The number of likely N-dealkylation sites (tertiary alicyclic amines) is 1. The first kappa shape index (κ1) is 16.0. The average Bonchev–Trinajstić information content (AvgIpc) is 3.42. The van der Waals surface area contributed by atoms with Crippen LogP contribution in [0.3, 0.4) is 0 Å². The summed E-state index contributed by atoms with van der Waals surface area (Å²) in [6.45, 7) is 7.01. The van der Waals surface area contributed by atoms with Gasteiger partial charge in [0, 0.05) is 36.8 Å². The molecule has 142 valence electrons. The Kier molecular flexibility index (Phi) is 3.53. The van der Waals surface area contributed by atoms with Crippen molar-refractivity contribution in [1.29, 1.82) is 0 Å². The highest BCUT2D eigenvalue weighted by atomic mass is 16.7. The van der Waals surface area contributed by atoms with E-state index in [-0.39, 0.29) is 0 Å². The van der Waals surface area contributed by atoms with E-state index in [4.69, 9.17) is 9.47 Å². The molecule has 0 aliphatic carbocycles. The number of piperidine rings is 3. The van der Waals surface area contributed by atoms with Crippen molar-refractivity contribution in [1.82, 2.24) is 19.8 Å². The minimum Gasteiger partial charge on any atom is -0.454 e. The van der Waals surface area contributed by atoms with Crippen LogP contribution in [0.15, 0.2) is 24.5 Å². The van der Waals surface area contributed by atoms with E-state index >= 15 is 0 Å². The van der Waals surface area contributed by atoms with Crippen LogP contribution in [0, 0.1) is 12.8 Å². The minimum atomic E-state index is 0.342. The van der Waals surface area contributed by atoms with Gasteiger partial charge in [0.05, 0.1) is 12.0 Å². The second-order valence-electron chi connectivity index (χ2n) is 8.48. The molecule has 0 radical (unpaired) electrons. The van der Waals surface area contributed by atoms with Gasteiger partial charge in [-0.15, -0.1) is 0 Å². The summed E-state index contributed by atoms with van der Waals surface area (Å²) in [6.07, 6.45) is 4.50. The summed E-state index contributed by atoms with van der Waals surface area (Å²) in [6, 6.07) is 7.80. The van der Waals surface area contributed by atoms with Crippen LogP contribution >= 0.6 is 0 Å². The zero-order valence-electron chi connectivity index (χ0n) is 15.7. The predicted octanol–water partition coefficient (Wildman–Crippen LogP) is 2.51. The van der Waals surface area contributed by atoms with Crippen molar-refractivity contribution in [3.8, 4) is 11.5 Å². The topological polar surface area (TPSA) is 53.6 Å². The van der Waals surface area contributed by atoms with Crippen LogP contribution < -0.4 is 9.47 Å². The van der Waals surface area contributed by atoms with Gasteiger partial charge in [0.25, 0.3) is 0 Å². The second kappa shape index (κ2) is 5.97. The molecule has 6 heteroatoms. The van der Waals surface area contributed by atoms with E-state index in [1.54, 1.807) is 0 Å². The number of H-pyrrole nitrogens is 1. The summed E-state index contributed by atoms with van der Waals surface area (Å²) in [5.41, 5.74) is 3.78. The van der Waals surface area contributed by atoms with Crippen LogP contribution in [-0.2, 0) is 6.54 Å². The molecule has 5 aliphatic heterocycles. The van der Waals surface area contributed by atoms with Gasteiger partial charge >= 0.3 is 0 Å². The van der Waals surface area contributed by atoms with Crippen LogP contribution in [0.2, 0.25) is 0 Å².